The Morgan fingerprint density at radius 3 is 2.47 bits per heavy atom. The smallest absolute Gasteiger partial charge is 0.187 e. The number of benzene rings is 1. The molecule has 0 amide bonds. The second-order valence-electron chi connectivity index (χ2n) is 4.98. The first-order valence-electron chi connectivity index (χ1n) is 6.67. The summed E-state index contributed by atoms with van der Waals surface area (Å²) in [5, 5.41) is 0. The van der Waals surface area contributed by atoms with Crippen molar-refractivity contribution in [2.45, 2.75) is 31.6 Å². The summed E-state index contributed by atoms with van der Waals surface area (Å²) in [6.45, 7) is 1.64. The summed E-state index contributed by atoms with van der Waals surface area (Å²) >= 11 is 0. The van der Waals surface area contributed by atoms with E-state index in [0.29, 0.717) is 11.8 Å². The second kappa shape index (κ2) is 4.91. The number of nitrogens with zero attached hydrogens (tertiary/aromatic N) is 1. The third kappa shape index (κ3) is 2.21. The fourth-order valence-electron chi connectivity index (χ4n) is 3.10. The van der Waals surface area contributed by atoms with E-state index in [0.717, 1.165) is 19.0 Å². The van der Waals surface area contributed by atoms with Gasteiger partial charge in [-0.3, -0.25) is 4.99 Å². The zero-order chi connectivity index (χ0) is 11.5. The van der Waals surface area contributed by atoms with E-state index in [9.17, 15) is 0 Å². The molecule has 0 saturated heterocycles. The maximum Gasteiger partial charge on any atom is 0.187 e. The summed E-state index contributed by atoms with van der Waals surface area (Å²) in [6, 6.07) is 10.9. The molecule has 2 aliphatic rings. The lowest BCUT2D eigenvalue weighted by molar-refractivity contribution is 0.282. The Balaban J connectivity index is 1.85. The van der Waals surface area contributed by atoms with E-state index in [-0.39, 0.29) is 0 Å². The Kier molecular flexibility index (Phi) is 3.12. The lowest BCUT2D eigenvalue weighted by atomic mass is 9.75. The molecule has 1 aliphatic carbocycles. The van der Waals surface area contributed by atoms with Crippen molar-refractivity contribution in [1.29, 1.82) is 0 Å². The average molecular weight is 229 g/mol. The molecule has 2 heteroatoms. The lowest BCUT2D eigenvalue weighted by Crippen LogP contribution is -2.26. The fraction of sp³-hybridized carbons (Fsp3) is 0.533. The molecule has 0 unspecified atom stereocenters. The van der Waals surface area contributed by atoms with E-state index >= 15 is 0 Å². The van der Waals surface area contributed by atoms with Crippen LogP contribution >= 0.6 is 0 Å². The molecule has 1 saturated carbocycles. The van der Waals surface area contributed by atoms with Gasteiger partial charge in [-0.05, 0) is 24.3 Å². The van der Waals surface area contributed by atoms with Crippen LogP contribution in [0, 0.1) is 5.92 Å². The standard InChI is InChI=1S/C15H19NO/c1-2-6-12(7-3-1)13-8-4-5-9-14(13)15-16-10-11-17-15/h1-3,6-7,13-14H,4-5,8-11H2/t13-,14-/m0/s1. The fourth-order valence-corrected chi connectivity index (χ4v) is 3.10. The largest absolute Gasteiger partial charge is 0.479 e. The SMILES string of the molecule is c1ccc([C@@H]2CCCC[C@@H]2C2=NCCO2)cc1. The van der Waals surface area contributed by atoms with Crippen molar-refractivity contribution in [2.75, 3.05) is 13.2 Å². The Morgan fingerprint density at radius 2 is 1.76 bits per heavy atom. The minimum Gasteiger partial charge on any atom is -0.479 e. The van der Waals surface area contributed by atoms with Crippen molar-refractivity contribution in [2.24, 2.45) is 10.9 Å². The highest BCUT2D eigenvalue weighted by Gasteiger charge is 2.32. The van der Waals surface area contributed by atoms with Crippen LogP contribution in [-0.2, 0) is 4.74 Å². The van der Waals surface area contributed by atoms with Gasteiger partial charge in [0.15, 0.2) is 5.90 Å². The third-order valence-corrected chi connectivity index (χ3v) is 3.92. The van der Waals surface area contributed by atoms with Crippen LogP contribution in [0.15, 0.2) is 35.3 Å². The number of ether oxygens (including phenoxy) is 1. The molecular weight excluding hydrogens is 210 g/mol. The molecule has 0 radical (unpaired) electrons. The van der Waals surface area contributed by atoms with Gasteiger partial charge >= 0.3 is 0 Å². The number of rotatable bonds is 2. The van der Waals surface area contributed by atoms with Crippen molar-refractivity contribution < 1.29 is 4.74 Å². The second-order valence-corrected chi connectivity index (χ2v) is 4.98. The van der Waals surface area contributed by atoms with Crippen LogP contribution in [0.1, 0.15) is 37.2 Å². The molecular formula is C15H19NO. The molecule has 90 valence electrons. The zero-order valence-corrected chi connectivity index (χ0v) is 10.1. The highest BCUT2D eigenvalue weighted by molar-refractivity contribution is 5.81. The number of aliphatic imine (C=N–C) groups is 1. The van der Waals surface area contributed by atoms with E-state index in [1.165, 1.54) is 31.2 Å². The van der Waals surface area contributed by atoms with Crippen LogP contribution < -0.4 is 0 Å². The molecule has 1 fully saturated rings. The number of hydrogen-bond acceptors (Lipinski definition) is 2. The third-order valence-electron chi connectivity index (χ3n) is 3.92. The van der Waals surface area contributed by atoms with Crippen LogP contribution in [0.5, 0.6) is 0 Å². The summed E-state index contributed by atoms with van der Waals surface area (Å²) in [4.78, 5) is 4.53. The topological polar surface area (TPSA) is 21.6 Å². The molecule has 2 nitrogen and oxygen atoms in total. The van der Waals surface area contributed by atoms with E-state index in [2.05, 4.69) is 35.3 Å². The maximum absolute atomic E-state index is 5.69. The van der Waals surface area contributed by atoms with Crippen molar-refractivity contribution in [3.8, 4) is 0 Å². The van der Waals surface area contributed by atoms with Gasteiger partial charge in [-0.2, -0.15) is 0 Å². The van der Waals surface area contributed by atoms with Crippen molar-refractivity contribution in [3.63, 3.8) is 0 Å². The van der Waals surface area contributed by atoms with E-state index in [1.807, 2.05) is 0 Å². The summed E-state index contributed by atoms with van der Waals surface area (Å²) in [7, 11) is 0. The van der Waals surface area contributed by atoms with Crippen molar-refractivity contribution >= 4 is 5.90 Å². The van der Waals surface area contributed by atoms with Crippen LogP contribution in [0.4, 0.5) is 0 Å². The molecule has 1 aromatic rings. The van der Waals surface area contributed by atoms with E-state index in [1.54, 1.807) is 0 Å². The normalized spacial score (nSPS) is 28.6. The zero-order valence-electron chi connectivity index (χ0n) is 10.1. The molecule has 2 atom stereocenters. The Hall–Kier alpha value is -1.31. The first-order valence-corrected chi connectivity index (χ1v) is 6.67. The summed E-state index contributed by atoms with van der Waals surface area (Å²) in [5.41, 5.74) is 1.45. The predicted molar refractivity (Wildman–Crippen MR) is 69.4 cm³/mol. The lowest BCUT2D eigenvalue weighted by Gasteiger charge is -2.31. The van der Waals surface area contributed by atoms with Gasteiger partial charge in [-0.25, -0.2) is 0 Å². The number of hydrogen-bond donors (Lipinski definition) is 0. The quantitative estimate of drug-likeness (QED) is 0.761. The molecule has 1 heterocycles. The van der Waals surface area contributed by atoms with Gasteiger partial charge in [-0.15, -0.1) is 0 Å². The highest BCUT2D eigenvalue weighted by Crippen LogP contribution is 2.39. The molecule has 3 rings (SSSR count). The molecule has 0 aromatic heterocycles. The van der Waals surface area contributed by atoms with Gasteiger partial charge < -0.3 is 4.74 Å². The van der Waals surface area contributed by atoms with Gasteiger partial charge in [0.25, 0.3) is 0 Å². The van der Waals surface area contributed by atoms with Gasteiger partial charge in [0.05, 0.1) is 6.54 Å². The average Bonchev–Trinajstić information content (AvgIpc) is 2.94. The molecule has 0 bridgehead atoms. The molecule has 1 aromatic carbocycles. The van der Waals surface area contributed by atoms with Gasteiger partial charge in [-0.1, -0.05) is 43.2 Å². The summed E-state index contributed by atoms with van der Waals surface area (Å²) in [6.07, 6.45) is 5.16. The molecule has 0 spiro atoms. The molecule has 0 N–H and O–H groups in total. The van der Waals surface area contributed by atoms with E-state index < -0.39 is 0 Å². The van der Waals surface area contributed by atoms with Gasteiger partial charge in [0.1, 0.15) is 6.61 Å². The minimum atomic E-state index is 0.522. The van der Waals surface area contributed by atoms with Crippen LogP contribution in [0.25, 0.3) is 0 Å². The molecule has 1 aliphatic heterocycles. The van der Waals surface area contributed by atoms with Crippen molar-refractivity contribution in [1.82, 2.24) is 0 Å². The van der Waals surface area contributed by atoms with Gasteiger partial charge in [0, 0.05) is 5.92 Å². The predicted octanol–water partition coefficient (Wildman–Crippen LogP) is 3.39. The van der Waals surface area contributed by atoms with Crippen LogP contribution in [0.3, 0.4) is 0 Å². The monoisotopic (exact) mass is 229 g/mol. The Morgan fingerprint density at radius 1 is 1.00 bits per heavy atom. The van der Waals surface area contributed by atoms with Gasteiger partial charge in [0.2, 0.25) is 0 Å². The van der Waals surface area contributed by atoms with Crippen LogP contribution in [-0.4, -0.2) is 19.0 Å². The maximum atomic E-state index is 5.69. The van der Waals surface area contributed by atoms with Crippen molar-refractivity contribution in [3.05, 3.63) is 35.9 Å². The first kappa shape index (κ1) is 10.8. The Bertz CT molecular complexity index is 399. The minimum absolute atomic E-state index is 0.522. The summed E-state index contributed by atoms with van der Waals surface area (Å²) in [5.74, 6) is 2.16. The first-order chi connectivity index (χ1) is 8.45. The van der Waals surface area contributed by atoms with E-state index in [4.69, 9.17) is 4.74 Å². The highest BCUT2D eigenvalue weighted by atomic mass is 16.5. The molecule has 17 heavy (non-hydrogen) atoms. The summed E-state index contributed by atoms with van der Waals surface area (Å²) < 4.78 is 5.69. The Labute approximate surface area is 103 Å². The van der Waals surface area contributed by atoms with Crippen LogP contribution in [0.2, 0.25) is 0 Å².